The van der Waals surface area contributed by atoms with E-state index < -0.39 is 0 Å². The van der Waals surface area contributed by atoms with E-state index in [4.69, 9.17) is 0 Å². The molecule has 0 aliphatic heterocycles. The van der Waals surface area contributed by atoms with Crippen molar-refractivity contribution >= 4 is 0 Å². The molecule has 0 spiro atoms. The molecule has 0 amide bonds. The monoisotopic (exact) mass is 141 g/mol. The van der Waals surface area contributed by atoms with E-state index in [1.165, 1.54) is 0 Å². The molecule has 0 aliphatic rings. The number of hydrogen-bond acceptors (Lipinski definition) is 4. The van der Waals surface area contributed by atoms with Gasteiger partial charge < -0.3 is 4.74 Å². The molecule has 5 nitrogen and oxygen atoms in total. The van der Waals surface area contributed by atoms with Gasteiger partial charge in [-0.15, -0.1) is 5.10 Å². The summed E-state index contributed by atoms with van der Waals surface area (Å²) in [4.78, 5) is 0. The Hall–Kier alpha value is -0.970. The minimum absolute atomic E-state index is 0.174. The normalized spacial score (nSPS) is 13.4. The van der Waals surface area contributed by atoms with Gasteiger partial charge in [0, 0.05) is 5.92 Å². The Morgan fingerprint density at radius 1 is 1.80 bits per heavy atom. The average molecular weight is 141 g/mol. The SMILES string of the molecule is [CH2]OCC(C)c1nnn[nH]1. The number of rotatable bonds is 3. The summed E-state index contributed by atoms with van der Waals surface area (Å²) in [5, 5.41) is 13.2. The molecular formula is C5H9N4O. The van der Waals surface area contributed by atoms with Crippen LogP contribution < -0.4 is 0 Å². The summed E-state index contributed by atoms with van der Waals surface area (Å²) in [6, 6.07) is 0. The molecule has 1 N–H and O–H groups in total. The molecule has 55 valence electrons. The first-order valence-corrected chi connectivity index (χ1v) is 2.95. The lowest BCUT2D eigenvalue weighted by Gasteiger charge is -2.02. The standard InChI is InChI=1S/C5H9N4O/c1-4(3-10-2)5-6-8-9-7-5/h4H,2-3H2,1H3,(H,6,7,8,9). The van der Waals surface area contributed by atoms with Gasteiger partial charge in [0.05, 0.1) is 13.7 Å². The largest absolute Gasteiger partial charge is 0.378 e. The molecule has 0 aromatic carbocycles. The first-order chi connectivity index (χ1) is 4.84. The van der Waals surface area contributed by atoms with Crippen LogP contribution in [0.4, 0.5) is 0 Å². The van der Waals surface area contributed by atoms with Crippen molar-refractivity contribution in [2.45, 2.75) is 12.8 Å². The van der Waals surface area contributed by atoms with Crippen LogP contribution in [0.2, 0.25) is 0 Å². The molecule has 0 fully saturated rings. The highest BCUT2D eigenvalue weighted by Gasteiger charge is 2.07. The second kappa shape index (κ2) is 3.26. The number of ether oxygens (including phenoxy) is 1. The van der Waals surface area contributed by atoms with Gasteiger partial charge in [0.1, 0.15) is 0 Å². The van der Waals surface area contributed by atoms with E-state index in [9.17, 15) is 0 Å². The summed E-state index contributed by atoms with van der Waals surface area (Å²) in [7, 11) is 3.25. The van der Waals surface area contributed by atoms with Gasteiger partial charge >= 0.3 is 0 Å². The number of nitrogens with zero attached hydrogens (tertiary/aromatic N) is 3. The molecule has 1 atom stereocenters. The number of hydrogen-bond donors (Lipinski definition) is 1. The van der Waals surface area contributed by atoms with Gasteiger partial charge in [-0.1, -0.05) is 6.92 Å². The van der Waals surface area contributed by atoms with Gasteiger partial charge in [-0.3, -0.25) is 0 Å². The van der Waals surface area contributed by atoms with Gasteiger partial charge in [-0.05, 0) is 10.4 Å². The molecule has 0 aliphatic carbocycles. The van der Waals surface area contributed by atoms with Crippen molar-refractivity contribution < 1.29 is 4.74 Å². The van der Waals surface area contributed by atoms with Crippen LogP contribution >= 0.6 is 0 Å². The van der Waals surface area contributed by atoms with Gasteiger partial charge in [0.2, 0.25) is 0 Å². The van der Waals surface area contributed by atoms with E-state index in [1.807, 2.05) is 6.92 Å². The lowest BCUT2D eigenvalue weighted by atomic mass is 10.2. The minimum atomic E-state index is 0.174. The van der Waals surface area contributed by atoms with Crippen molar-refractivity contribution in [2.75, 3.05) is 6.61 Å². The van der Waals surface area contributed by atoms with Crippen LogP contribution in [0.5, 0.6) is 0 Å². The molecule has 1 heterocycles. The third-order valence-electron chi connectivity index (χ3n) is 1.20. The van der Waals surface area contributed by atoms with Crippen LogP contribution in [0.3, 0.4) is 0 Å². The molecule has 1 aromatic rings. The Balaban J connectivity index is 2.50. The Morgan fingerprint density at radius 3 is 3.10 bits per heavy atom. The van der Waals surface area contributed by atoms with Crippen molar-refractivity contribution in [3.63, 3.8) is 0 Å². The van der Waals surface area contributed by atoms with E-state index in [0.717, 1.165) is 5.82 Å². The molecular weight excluding hydrogens is 132 g/mol. The quantitative estimate of drug-likeness (QED) is 0.649. The zero-order valence-electron chi connectivity index (χ0n) is 5.74. The van der Waals surface area contributed by atoms with Crippen LogP contribution in [0.25, 0.3) is 0 Å². The van der Waals surface area contributed by atoms with Crippen molar-refractivity contribution in [1.29, 1.82) is 0 Å². The number of aromatic nitrogens is 4. The van der Waals surface area contributed by atoms with E-state index >= 15 is 0 Å². The molecule has 0 bridgehead atoms. The zero-order chi connectivity index (χ0) is 7.40. The molecule has 1 unspecified atom stereocenters. The van der Waals surface area contributed by atoms with E-state index in [-0.39, 0.29) is 5.92 Å². The first-order valence-electron chi connectivity index (χ1n) is 2.95. The van der Waals surface area contributed by atoms with E-state index in [1.54, 1.807) is 0 Å². The number of aromatic amines is 1. The summed E-state index contributed by atoms with van der Waals surface area (Å²) in [5.74, 6) is 0.899. The molecule has 1 radical (unpaired) electrons. The van der Waals surface area contributed by atoms with Crippen LogP contribution in [0, 0.1) is 7.11 Å². The lowest BCUT2D eigenvalue weighted by molar-refractivity contribution is 0.222. The first kappa shape index (κ1) is 7.14. The van der Waals surface area contributed by atoms with Gasteiger partial charge in [-0.25, -0.2) is 5.10 Å². The number of H-pyrrole nitrogens is 1. The highest BCUT2D eigenvalue weighted by atomic mass is 16.5. The zero-order valence-corrected chi connectivity index (χ0v) is 5.74. The van der Waals surface area contributed by atoms with Gasteiger partial charge in [-0.2, -0.15) is 0 Å². The van der Waals surface area contributed by atoms with Crippen molar-refractivity contribution in [3.05, 3.63) is 12.9 Å². The number of tetrazole rings is 1. The Bertz CT molecular complexity index is 174. The maximum absolute atomic E-state index is 4.66. The summed E-state index contributed by atoms with van der Waals surface area (Å²) >= 11 is 0. The highest BCUT2D eigenvalue weighted by molar-refractivity contribution is 4.86. The van der Waals surface area contributed by atoms with Gasteiger partial charge in [0.25, 0.3) is 0 Å². The van der Waals surface area contributed by atoms with Crippen LogP contribution in [-0.2, 0) is 4.74 Å². The summed E-state index contributed by atoms with van der Waals surface area (Å²) in [5.41, 5.74) is 0. The Kier molecular flexibility index (Phi) is 2.33. The maximum atomic E-state index is 4.66. The fourth-order valence-electron chi connectivity index (χ4n) is 0.631. The predicted octanol–water partition coefficient (Wildman–Crippen LogP) is 0.111. The average Bonchev–Trinajstić information content (AvgIpc) is 2.38. The fourth-order valence-corrected chi connectivity index (χ4v) is 0.631. The van der Waals surface area contributed by atoms with Crippen molar-refractivity contribution in [2.24, 2.45) is 0 Å². The third-order valence-corrected chi connectivity index (χ3v) is 1.20. The molecule has 1 aromatic heterocycles. The summed E-state index contributed by atoms with van der Waals surface area (Å²) < 4.78 is 4.66. The second-order valence-electron chi connectivity index (χ2n) is 2.06. The van der Waals surface area contributed by atoms with Crippen LogP contribution in [0.15, 0.2) is 0 Å². The number of nitrogens with one attached hydrogen (secondary N) is 1. The third kappa shape index (κ3) is 1.51. The molecule has 5 heteroatoms. The van der Waals surface area contributed by atoms with Crippen molar-refractivity contribution in [1.82, 2.24) is 20.6 Å². The highest BCUT2D eigenvalue weighted by Crippen LogP contribution is 2.06. The van der Waals surface area contributed by atoms with E-state index in [2.05, 4.69) is 32.5 Å². The summed E-state index contributed by atoms with van der Waals surface area (Å²) in [6.45, 7) is 2.48. The van der Waals surface area contributed by atoms with E-state index in [0.29, 0.717) is 6.61 Å². The molecule has 0 saturated carbocycles. The van der Waals surface area contributed by atoms with Crippen LogP contribution in [-0.4, -0.2) is 27.2 Å². The molecule has 10 heavy (non-hydrogen) atoms. The molecule has 0 saturated heterocycles. The maximum Gasteiger partial charge on any atom is 0.153 e. The predicted molar refractivity (Wildman–Crippen MR) is 33.9 cm³/mol. The fraction of sp³-hybridized carbons (Fsp3) is 0.600. The van der Waals surface area contributed by atoms with Gasteiger partial charge in [0.15, 0.2) is 5.82 Å². The second-order valence-corrected chi connectivity index (χ2v) is 2.06. The smallest absolute Gasteiger partial charge is 0.153 e. The molecule has 1 rings (SSSR count). The Labute approximate surface area is 58.8 Å². The van der Waals surface area contributed by atoms with Crippen LogP contribution in [0.1, 0.15) is 18.7 Å². The lowest BCUT2D eigenvalue weighted by Crippen LogP contribution is -2.02. The summed E-state index contributed by atoms with van der Waals surface area (Å²) in [6.07, 6.45) is 0. The van der Waals surface area contributed by atoms with Crippen molar-refractivity contribution in [3.8, 4) is 0 Å². The minimum Gasteiger partial charge on any atom is -0.378 e. The Morgan fingerprint density at radius 2 is 2.60 bits per heavy atom. The topological polar surface area (TPSA) is 63.7 Å².